The predicted molar refractivity (Wildman–Crippen MR) is 54.9 cm³/mol. The fourth-order valence-corrected chi connectivity index (χ4v) is 2.04. The van der Waals surface area contributed by atoms with Gasteiger partial charge in [-0.25, -0.2) is 0 Å². The Labute approximate surface area is 84.6 Å². The number of nitrogens with zero attached hydrogens (tertiary/aromatic N) is 1. The van der Waals surface area contributed by atoms with Gasteiger partial charge in [-0.05, 0) is 12.8 Å². The number of halogens is 1. The van der Waals surface area contributed by atoms with E-state index in [1.807, 2.05) is 4.90 Å². The summed E-state index contributed by atoms with van der Waals surface area (Å²) in [7, 11) is 0. The van der Waals surface area contributed by atoms with Gasteiger partial charge in [-0.1, -0.05) is 18.9 Å². The topological polar surface area (TPSA) is 20.3 Å². The van der Waals surface area contributed by atoms with Crippen LogP contribution in [0.5, 0.6) is 0 Å². The van der Waals surface area contributed by atoms with E-state index in [0.29, 0.717) is 12.6 Å². The van der Waals surface area contributed by atoms with Crippen LogP contribution in [-0.4, -0.2) is 29.3 Å². The monoisotopic (exact) mass is 201 g/mol. The van der Waals surface area contributed by atoms with E-state index in [1.165, 1.54) is 12.8 Å². The third kappa shape index (κ3) is 2.73. The minimum atomic E-state index is 0.0356. The first kappa shape index (κ1) is 10.6. The molecule has 0 radical (unpaired) electrons. The van der Waals surface area contributed by atoms with Gasteiger partial charge in [0.1, 0.15) is 5.88 Å². The molecule has 1 aliphatic carbocycles. The molecule has 2 nitrogen and oxygen atoms in total. The van der Waals surface area contributed by atoms with Crippen molar-refractivity contribution in [3.8, 4) is 0 Å². The summed E-state index contributed by atoms with van der Waals surface area (Å²) in [5, 5.41) is 0. The number of rotatable bonds is 4. The normalized spacial score (nSPS) is 17.3. The van der Waals surface area contributed by atoms with Crippen LogP contribution in [0.1, 0.15) is 25.7 Å². The first-order valence-corrected chi connectivity index (χ1v) is 5.29. The van der Waals surface area contributed by atoms with Gasteiger partial charge in [0, 0.05) is 12.6 Å². The number of carbonyl (C=O) groups excluding carboxylic acids is 1. The molecule has 0 atom stereocenters. The van der Waals surface area contributed by atoms with E-state index in [0.717, 1.165) is 12.8 Å². The minimum absolute atomic E-state index is 0.0356. The molecule has 0 aliphatic heterocycles. The van der Waals surface area contributed by atoms with Gasteiger partial charge < -0.3 is 4.90 Å². The van der Waals surface area contributed by atoms with Crippen molar-refractivity contribution in [3.05, 3.63) is 12.7 Å². The number of amides is 1. The highest BCUT2D eigenvalue weighted by molar-refractivity contribution is 6.27. The molecule has 1 fully saturated rings. The molecule has 0 saturated heterocycles. The Bertz CT molecular complexity index is 187. The van der Waals surface area contributed by atoms with Gasteiger partial charge in [0.05, 0.1) is 0 Å². The molecule has 0 unspecified atom stereocenters. The maximum atomic E-state index is 11.4. The summed E-state index contributed by atoms with van der Waals surface area (Å²) in [6.45, 7) is 4.29. The molecular weight excluding hydrogens is 186 g/mol. The molecule has 0 aromatic heterocycles. The lowest BCUT2D eigenvalue weighted by Crippen LogP contribution is -2.39. The Kier molecular flexibility index (Phi) is 4.29. The SMILES string of the molecule is C=CCN(C(=O)CCl)C1CCCC1. The van der Waals surface area contributed by atoms with Crippen LogP contribution in [0.3, 0.4) is 0 Å². The quantitative estimate of drug-likeness (QED) is 0.505. The van der Waals surface area contributed by atoms with Gasteiger partial charge in [-0.3, -0.25) is 4.79 Å². The van der Waals surface area contributed by atoms with Crippen LogP contribution < -0.4 is 0 Å². The maximum Gasteiger partial charge on any atom is 0.238 e. The summed E-state index contributed by atoms with van der Waals surface area (Å²) < 4.78 is 0. The first-order chi connectivity index (χ1) is 6.29. The lowest BCUT2D eigenvalue weighted by atomic mass is 10.2. The highest BCUT2D eigenvalue weighted by Gasteiger charge is 2.24. The summed E-state index contributed by atoms with van der Waals surface area (Å²) >= 11 is 5.54. The van der Waals surface area contributed by atoms with Gasteiger partial charge in [-0.2, -0.15) is 0 Å². The van der Waals surface area contributed by atoms with Crippen LogP contribution in [-0.2, 0) is 4.79 Å². The smallest absolute Gasteiger partial charge is 0.238 e. The van der Waals surface area contributed by atoms with E-state index in [2.05, 4.69) is 6.58 Å². The zero-order valence-electron chi connectivity index (χ0n) is 7.84. The minimum Gasteiger partial charge on any atom is -0.335 e. The van der Waals surface area contributed by atoms with Crippen LogP contribution in [0.4, 0.5) is 0 Å². The Hall–Kier alpha value is -0.500. The second-order valence-corrected chi connectivity index (χ2v) is 3.67. The predicted octanol–water partition coefficient (Wildman–Crippen LogP) is 2.18. The van der Waals surface area contributed by atoms with E-state index < -0.39 is 0 Å². The molecule has 1 saturated carbocycles. The third-order valence-electron chi connectivity index (χ3n) is 2.53. The van der Waals surface area contributed by atoms with Crippen LogP contribution in [0.15, 0.2) is 12.7 Å². The highest BCUT2D eigenvalue weighted by Crippen LogP contribution is 2.23. The molecule has 13 heavy (non-hydrogen) atoms. The standard InChI is InChI=1S/C10H16ClNO/c1-2-7-12(10(13)8-11)9-5-3-4-6-9/h2,9H,1,3-8H2. The molecule has 3 heteroatoms. The average molecular weight is 202 g/mol. The first-order valence-electron chi connectivity index (χ1n) is 4.76. The number of carbonyl (C=O) groups is 1. The van der Waals surface area contributed by atoms with Gasteiger partial charge in [0.25, 0.3) is 0 Å². The van der Waals surface area contributed by atoms with Crippen LogP contribution >= 0.6 is 11.6 Å². The molecule has 1 amide bonds. The zero-order chi connectivity index (χ0) is 9.68. The highest BCUT2D eigenvalue weighted by atomic mass is 35.5. The van der Waals surface area contributed by atoms with Crippen LogP contribution in [0.25, 0.3) is 0 Å². The fourth-order valence-electron chi connectivity index (χ4n) is 1.89. The Morgan fingerprint density at radius 2 is 2.15 bits per heavy atom. The van der Waals surface area contributed by atoms with E-state index >= 15 is 0 Å². The van der Waals surface area contributed by atoms with Crippen molar-refractivity contribution in [2.45, 2.75) is 31.7 Å². The Morgan fingerprint density at radius 1 is 1.54 bits per heavy atom. The number of hydrogen-bond donors (Lipinski definition) is 0. The molecule has 0 aromatic rings. The number of hydrogen-bond acceptors (Lipinski definition) is 1. The summed E-state index contributed by atoms with van der Waals surface area (Å²) in [6, 6.07) is 0.407. The third-order valence-corrected chi connectivity index (χ3v) is 2.75. The van der Waals surface area contributed by atoms with Crippen molar-refractivity contribution < 1.29 is 4.79 Å². The summed E-state index contributed by atoms with van der Waals surface area (Å²) in [6.07, 6.45) is 6.47. The molecule has 74 valence electrons. The van der Waals surface area contributed by atoms with Gasteiger partial charge >= 0.3 is 0 Å². The van der Waals surface area contributed by atoms with Crippen molar-refractivity contribution >= 4 is 17.5 Å². The molecule has 0 bridgehead atoms. The molecule has 1 aliphatic rings. The molecule has 0 aromatic carbocycles. The fraction of sp³-hybridized carbons (Fsp3) is 0.700. The van der Waals surface area contributed by atoms with Gasteiger partial charge in [-0.15, -0.1) is 18.2 Å². The van der Waals surface area contributed by atoms with Crippen molar-refractivity contribution in [1.29, 1.82) is 0 Å². The van der Waals surface area contributed by atoms with E-state index in [4.69, 9.17) is 11.6 Å². The van der Waals surface area contributed by atoms with Crippen molar-refractivity contribution in [2.75, 3.05) is 12.4 Å². The maximum absolute atomic E-state index is 11.4. The van der Waals surface area contributed by atoms with Crippen molar-refractivity contribution in [2.24, 2.45) is 0 Å². The summed E-state index contributed by atoms with van der Waals surface area (Å²) in [5.41, 5.74) is 0. The largest absolute Gasteiger partial charge is 0.335 e. The van der Waals surface area contributed by atoms with E-state index in [9.17, 15) is 4.79 Å². The molecule has 1 rings (SSSR count). The van der Waals surface area contributed by atoms with Crippen LogP contribution in [0, 0.1) is 0 Å². The lowest BCUT2D eigenvalue weighted by Gasteiger charge is -2.26. The molecule has 0 N–H and O–H groups in total. The summed E-state index contributed by atoms with van der Waals surface area (Å²) in [5.74, 6) is 0.123. The second-order valence-electron chi connectivity index (χ2n) is 3.41. The van der Waals surface area contributed by atoms with Crippen molar-refractivity contribution in [3.63, 3.8) is 0 Å². The second kappa shape index (κ2) is 5.28. The van der Waals surface area contributed by atoms with E-state index in [1.54, 1.807) is 6.08 Å². The van der Waals surface area contributed by atoms with Gasteiger partial charge in [0.15, 0.2) is 0 Å². The zero-order valence-corrected chi connectivity index (χ0v) is 8.59. The Balaban J connectivity index is 2.54. The van der Waals surface area contributed by atoms with E-state index in [-0.39, 0.29) is 11.8 Å². The van der Waals surface area contributed by atoms with Gasteiger partial charge in [0.2, 0.25) is 5.91 Å². The van der Waals surface area contributed by atoms with Crippen molar-refractivity contribution in [1.82, 2.24) is 4.90 Å². The average Bonchev–Trinajstić information content (AvgIpc) is 2.65. The number of alkyl halides is 1. The molecule has 0 spiro atoms. The summed E-state index contributed by atoms with van der Waals surface area (Å²) in [4.78, 5) is 13.3. The molecule has 0 heterocycles. The van der Waals surface area contributed by atoms with Crippen LogP contribution in [0.2, 0.25) is 0 Å². The Morgan fingerprint density at radius 3 is 2.62 bits per heavy atom. The lowest BCUT2D eigenvalue weighted by molar-refractivity contribution is -0.130. The molecular formula is C10H16ClNO.